The molecule has 1 amide bonds. The number of ether oxygens (including phenoxy) is 5. The Morgan fingerprint density at radius 2 is 1.90 bits per heavy atom. The number of aliphatic hydroxyl groups excluding tert-OH is 1. The summed E-state index contributed by atoms with van der Waals surface area (Å²) < 4.78 is 28.2. The number of morpholine rings is 1. The largest absolute Gasteiger partial charge is 0.459 e. The third kappa shape index (κ3) is 7.53. The van der Waals surface area contributed by atoms with Crippen LogP contribution in [0.5, 0.6) is 0 Å². The van der Waals surface area contributed by atoms with Gasteiger partial charge >= 0.3 is 0 Å². The van der Waals surface area contributed by atoms with Gasteiger partial charge in [-0.15, -0.1) is 0 Å². The smallest absolute Gasteiger partial charge is 0.288 e. The van der Waals surface area contributed by atoms with Crippen LogP contribution in [0.1, 0.15) is 27.2 Å². The van der Waals surface area contributed by atoms with Crippen LogP contribution in [0.25, 0.3) is 0 Å². The summed E-state index contributed by atoms with van der Waals surface area (Å²) in [5.74, 6) is 0.911. The summed E-state index contributed by atoms with van der Waals surface area (Å²) in [4.78, 5) is 14.7. The number of carbonyl (C=O) groups excluding carboxylic acids is 1. The molecule has 0 aromatic rings. The lowest BCUT2D eigenvalue weighted by Crippen LogP contribution is -2.45. The van der Waals surface area contributed by atoms with Gasteiger partial charge in [-0.1, -0.05) is 13.8 Å². The first kappa shape index (κ1) is 24.1. The van der Waals surface area contributed by atoms with Gasteiger partial charge in [-0.25, -0.2) is 0 Å². The van der Waals surface area contributed by atoms with Gasteiger partial charge in [0.15, 0.2) is 5.76 Å². The summed E-state index contributed by atoms with van der Waals surface area (Å²) in [6.45, 7) is 10.9. The molecule has 2 aliphatic rings. The minimum atomic E-state index is -0.466. The van der Waals surface area contributed by atoms with E-state index in [1.54, 1.807) is 4.90 Å². The Hall–Kier alpha value is -1.19. The Morgan fingerprint density at radius 1 is 1.21 bits per heavy atom. The zero-order valence-corrected chi connectivity index (χ0v) is 18.0. The molecule has 8 heteroatoms. The molecule has 8 nitrogen and oxygen atoms in total. The lowest BCUT2D eigenvalue weighted by molar-refractivity contribution is -0.181. The highest BCUT2D eigenvalue weighted by atomic mass is 16.7. The fourth-order valence-electron chi connectivity index (χ4n) is 3.72. The molecule has 168 valence electrons. The van der Waals surface area contributed by atoms with Crippen LogP contribution in [0.15, 0.2) is 11.8 Å². The maximum absolute atomic E-state index is 12.9. The van der Waals surface area contributed by atoms with Gasteiger partial charge in [0.05, 0.1) is 39.6 Å². The second-order valence-electron chi connectivity index (χ2n) is 7.60. The van der Waals surface area contributed by atoms with Crippen molar-refractivity contribution in [1.82, 2.24) is 4.90 Å². The van der Waals surface area contributed by atoms with Gasteiger partial charge in [0.25, 0.3) is 5.91 Å². The zero-order valence-electron chi connectivity index (χ0n) is 18.0. The maximum atomic E-state index is 12.9. The molecule has 0 aliphatic carbocycles. The van der Waals surface area contributed by atoms with Crippen LogP contribution in [0.3, 0.4) is 0 Å². The predicted octanol–water partition coefficient (Wildman–Crippen LogP) is 1.43. The van der Waals surface area contributed by atoms with E-state index in [1.807, 2.05) is 13.0 Å². The first-order chi connectivity index (χ1) is 14.1. The summed E-state index contributed by atoms with van der Waals surface area (Å²) >= 11 is 0. The minimum absolute atomic E-state index is 0.0172. The van der Waals surface area contributed by atoms with Gasteiger partial charge < -0.3 is 33.7 Å². The van der Waals surface area contributed by atoms with Crippen LogP contribution in [-0.2, 0) is 28.5 Å². The number of nitrogens with zero attached hydrogens (tertiary/aromatic N) is 1. The Balaban J connectivity index is 1.99. The first-order valence-electron chi connectivity index (χ1n) is 10.7. The molecule has 0 aromatic heterocycles. The van der Waals surface area contributed by atoms with Crippen molar-refractivity contribution >= 4 is 5.91 Å². The van der Waals surface area contributed by atoms with E-state index >= 15 is 0 Å². The molecule has 2 heterocycles. The van der Waals surface area contributed by atoms with Crippen LogP contribution in [0, 0.1) is 17.8 Å². The number of hydrogen-bond acceptors (Lipinski definition) is 7. The summed E-state index contributed by atoms with van der Waals surface area (Å²) in [5, 5.41) is 8.71. The van der Waals surface area contributed by atoms with Gasteiger partial charge in [-0.3, -0.25) is 4.79 Å². The normalized spacial score (nSPS) is 25.1. The van der Waals surface area contributed by atoms with Crippen molar-refractivity contribution in [2.75, 3.05) is 65.9 Å². The lowest BCUT2D eigenvalue weighted by Gasteiger charge is -2.39. The highest BCUT2D eigenvalue weighted by Gasteiger charge is 2.39. The topological polar surface area (TPSA) is 86.7 Å². The molecular weight excluding hydrogens is 378 g/mol. The monoisotopic (exact) mass is 415 g/mol. The number of rotatable bonds is 12. The number of carbonyl (C=O) groups is 1. The molecule has 1 N–H and O–H groups in total. The predicted molar refractivity (Wildman–Crippen MR) is 107 cm³/mol. The first-order valence-corrected chi connectivity index (χ1v) is 10.7. The number of aliphatic hydroxyl groups is 1. The van der Waals surface area contributed by atoms with Crippen molar-refractivity contribution in [3.05, 3.63) is 11.8 Å². The molecule has 1 saturated heterocycles. The summed E-state index contributed by atoms with van der Waals surface area (Å²) in [6.07, 6.45) is 2.28. The van der Waals surface area contributed by atoms with Gasteiger partial charge in [0, 0.05) is 32.2 Å². The Bertz CT molecular complexity index is 505. The molecule has 2 aliphatic heterocycles. The average Bonchev–Trinajstić information content (AvgIpc) is 2.73. The van der Waals surface area contributed by atoms with E-state index < -0.39 is 6.29 Å². The molecule has 1 fully saturated rings. The number of hydrogen-bond donors (Lipinski definition) is 1. The molecule has 0 saturated carbocycles. The van der Waals surface area contributed by atoms with E-state index in [-0.39, 0.29) is 24.3 Å². The molecule has 3 atom stereocenters. The van der Waals surface area contributed by atoms with Gasteiger partial charge in [0.2, 0.25) is 6.29 Å². The molecule has 29 heavy (non-hydrogen) atoms. The third-order valence-electron chi connectivity index (χ3n) is 5.24. The SMILES string of the molecule is CCO[C@@H]1OC(C(=O)N2CCOCC2)=C[C@H](C(C)C)[C@@H]1CCOCCOCCO. The van der Waals surface area contributed by atoms with Gasteiger partial charge in [0.1, 0.15) is 0 Å². The fourth-order valence-corrected chi connectivity index (χ4v) is 3.72. The molecule has 0 aromatic carbocycles. The highest BCUT2D eigenvalue weighted by molar-refractivity contribution is 5.91. The summed E-state index contributed by atoms with van der Waals surface area (Å²) in [7, 11) is 0. The number of allylic oxidation sites excluding steroid dienone is 1. The quantitative estimate of drug-likeness (QED) is 0.483. The molecular formula is C21H37NO7. The maximum Gasteiger partial charge on any atom is 0.288 e. The molecule has 0 radical (unpaired) electrons. The van der Waals surface area contributed by atoms with E-state index in [1.165, 1.54) is 0 Å². The molecule has 0 bridgehead atoms. The Morgan fingerprint density at radius 3 is 2.52 bits per heavy atom. The van der Waals surface area contributed by atoms with E-state index in [0.717, 1.165) is 6.42 Å². The van der Waals surface area contributed by atoms with Crippen molar-refractivity contribution in [3.63, 3.8) is 0 Å². The van der Waals surface area contributed by atoms with Crippen molar-refractivity contribution in [3.8, 4) is 0 Å². The highest BCUT2D eigenvalue weighted by Crippen LogP contribution is 2.36. The zero-order chi connectivity index (χ0) is 21.1. The molecule has 0 unspecified atom stereocenters. The Kier molecular flexibility index (Phi) is 10.9. The van der Waals surface area contributed by atoms with E-state index in [4.69, 9.17) is 28.8 Å². The van der Waals surface area contributed by atoms with Crippen LogP contribution in [-0.4, -0.2) is 88.1 Å². The van der Waals surface area contributed by atoms with Gasteiger partial charge in [-0.05, 0) is 31.3 Å². The minimum Gasteiger partial charge on any atom is -0.459 e. The lowest BCUT2D eigenvalue weighted by atomic mass is 9.79. The van der Waals surface area contributed by atoms with E-state index in [9.17, 15) is 4.79 Å². The molecule has 2 rings (SSSR count). The van der Waals surface area contributed by atoms with Crippen molar-refractivity contribution < 1.29 is 33.6 Å². The van der Waals surface area contributed by atoms with E-state index in [2.05, 4.69) is 13.8 Å². The third-order valence-corrected chi connectivity index (χ3v) is 5.24. The number of amides is 1. The fraction of sp³-hybridized carbons (Fsp3) is 0.857. The van der Waals surface area contributed by atoms with Crippen LogP contribution in [0.2, 0.25) is 0 Å². The van der Waals surface area contributed by atoms with Crippen molar-refractivity contribution in [1.29, 1.82) is 0 Å². The second kappa shape index (κ2) is 13.2. The van der Waals surface area contributed by atoms with Crippen molar-refractivity contribution in [2.45, 2.75) is 33.5 Å². The standard InChI is InChI=1S/C21H37NO7/c1-4-28-21-17(5-9-25-13-14-27-12-8-23)18(16(2)3)15-19(29-21)20(24)22-6-10-26-11-7-22/h15-18,21,23H,4-14H2,1-3H3/t17-,18+,21+/m0/s1. The summed E-state index contributed by atoms with van der Waals surface area (Å²) in [5.41, 5.74) is 0. The van der Waals surface area contributed by atoms with Crippen LogP contribution < -0.4 is 0 Å². The van der Waals surface area contributed by atoms with Gasteiger partial charge in [-0.2, -0.15) is 0 Å². The average molecular weight is 416 g/mol. The Labute approximate surface area is 174 Å². The van der Waals surface area contributed by atoms with Crippen LogP contribution in [0.4, 0.5) is 0 Å². The second-order valence-corrected chi connectivity index (χ2v) is 7.60. The van der Waals surface area contributed by atoms with Crippen LogP contribution >= 0.6 is 0 Å². The summed E-state index contributed by atoms with van der Waals surface area (Å²) in [6, 6.07) is 0. The molecule has 0 spiro atoms. The van der Waals surface area contributed by atoms with E-state index in [0.29, 0.717) is 71.0 Å². The van der Waals surface area contributed by atoms with Crippen molar-refractivity contribution in [2.24, 2.45) is 17.8 Å².